The Morgan fingerprint density at radius 3 is 2.55 bits per heavy atom. The van der Waals surface area contributed by atoms with Crippen LogP contribution in [0, 0.1) is 5.82 Å². The number of nitrogens with zero attached hydrogens (tertiary/aromatic N) is 3. The van der Waals surface area contributed by atoms with E-state index in [-0.39, 0.29) is 11.9 Å². The van der Waals surface area contributed by atoms with Gasteiger partial charge in [0.25, 0.3) is 0 Å². The van der Waals surface area contributed by atoms with Gasteiger partial charge in [-0.3, -0.25) is 4.90 Å². The number of methoxy groups -OCH3 is 2. The quantitative estimate of drug-likeness (QED) is 0.594. The first-order chi connectivity index (χ1) is 15.1. The molecule has 1 aliphatic heterocycles. The van der Waals surface area contributed by atoms with Crippen molar-refractivity contribution in [2.75, 3.05) is 27.4 Å². The molecule has 1 unspecified atom stereocenters. The molecule has 6 nitrogen and oxygen atoms in total. The van der Waals surface area contributed by atoms with E-state index in [0.29, 0.717) is 24.8 Å². The summed E-state index contributed by atoms with van der Waals surface area (Å²) in [6, 6.07) is 14.6. The number of hydrogen-bond donors (Lipinski definition) is 0. The van der Waals surface area contributed by atoms with Crippen LogP contribution in [0.3, 0.4) is 0 Å². The fourth-order valence-electron chi connectivity index (χ4n) is 3.85. The smallest absolute Gasteiger partial charge is 0.233 e. The summed E-state index contributed by atoms with van der Waals surface area (Å²) in [6.07, 6.45) is 0.830. The predicted molar refractivity (Wildman–Crippen MR) is 116 cm³/mol. The monoisotopic (exact) mass is 423 g/mol. The second-order valence-corrected chi connectivity index (χ2v) is 7.63. The summed E-state index contributed by atoms with van der Waals surface area (Å²) in [7, 11) is 3.20. The van der Waals surface area contributed by atoms with E-state index in [9.17, 15) is 4.39 Å². The number of benzene rings is 2. The zero-order valence-corrected chi connectivity index (χ0v) is 18.0. The highest BCUT2D eigenvalue weighted by Crippen LogP contribution is 2.38. The van der Waals surface area contributed by atoms with E-state index in [1.807, 2.05) is 24.3 Å². The van der Waals surface area contributed by atoms with E-state index in [2.05, 4.69) is 28.1 Å². The molecule has 2 aromatic carbocycles. The molecule has 31 heavy (non-hydrogen) atoms. The van der Waals surface area contributed by atoms with E-state index >= 15 is 0 Å². The molecule has 0 N–H and O–H groups in total. The minimum absolute atomic E-state index is 0.213. The van der Waals surface area contributed by atoms with Crippen LogP contribution in [0.4, 0.5) is 4.39 Å². The molecule has 1 aromatic heterocycles. The number of hydrogen-bond acceptors (Lipinski definition) is 6. The Balaban J connectivity index is 1.60. The SMILES string of the molecule is COc1ccc(-c2cc3c(c(OC)c2)OCCN(C(C)Cc2ccc(F)cc2)C3)nn1. The van der Waals surface area contributed by atoms with Gasteiger partial charge in [-0.05, 0) is 49.2 Å². The van der Waals surface area contributed by atoms with Gasteiger partial charge in [-0.1, -0.05) is 12.1 Å². The molecule has 0 amide bonds. The van der Waals surface area contributed by atoms with E-state index in [1.54, 1.807) is 20.3 Å². The fraction of sp³-hybridized carbons (Fsp3) is 0.333. The van der Waals surface area contributed by atoms with Crippen molar-refractivity contribution in [3.05, 3.63) is 65.5 Å². The normalized spacial score (nSPS) is 14.8. The van der Waals surface area contributed by atoms with Crippen LogP contribution in [0.15, 0.2) is 48.5 Å². The average Bonchev–Trinajstić information content (AvgIpc) is 3.02. The number of halogens is 1. The Labute approximate surface area is 181 Å². The summed E-state index contributed by atoms with van der Waals surface area (Å²) in [5, 5.41) is 8.34. The van der Waals surface area contributed by atoms with Gasteiger partial charge in [0.2, 0.25) is 5.88 Å². The minimum Gasteiger partial charge on any atom is -0.493 e. The zero-order valence-electron chi connectivity index (χ0n) is 18.0. The van der Waals surface area contributed by atoms with Crippen molar-refractivity contribution in [3.8, 4) is 28.6 Å². The minimum atomic E-state index is -0.213. The third-order valence-corrected chi connectivity index (χ3v) is 5.56. The third-order valence-electron chi connectivity index (χ3n) is 5.56. The Hall–Kier alpha value is -3.19. The van der Waals surface area contributed by atoms with Crippen LogP contribution in [0.25, 0.3) is 11.3 Å². The summed E-state index contributed by atoms with van der Waals surface area (Å²) in [5.74, 6) is 1.70. The van der Waals surface area contributed by atoms with Gasteiger partial charge in [0.1, 0.15) is 12.4 Å². The lowest BCUT2D eigenvalue weighted by atomic mass is 10.0. The van der Waals surface area contributed by atoms with Gasteiger partial charge in [-0.15, -0.1) is 10.2 Å². The Morgan fingerprint density at radius 1 is 1.06 bits per heavy atom. The number of fused-ring (bicyclic) bond motifs is 1. The topological polar surface area (TPSA) is 56.7 Å². The van der Waals surface area contributed by atoms with Crippen LogP contribution in [-0.2, 0) is 13.0 Å². The lowest BCUT2D eigenvalue weighted by molar-refractivity contribution is 0.177. The van der Waals surface area contributed by atoms with Crippen LogP contribution in [-0.4, -0.2) is 48.5 Å². The lowest BCUT2D eigenvalue weighted by Crippen LogP contribution is -2.35. The van der Waals surface area contributed by atoms with Gasteiger partial charge in [0.05, 0.1) is 19.9 Å². The molecule has 7 heteroatoms. The van der Waals surface area contributed by atoms with Crippen LogP contribution < -0.4 is 14.2 Å². The second kappa shape index (κ2) is 9.31. The molecule has 4 rings (SSSR count). The number of ether oxygens (including phenoxy) is 3. The standard InChI is InChI=1S/C24H26FN3O3/c1-16(12-17-4-6-20(25)7-5-17)28-10-11-31-24-19(15-28)13-18(14-22(24)29-2)21-8-9-23(30-3)27-26-21/h4-9,13-14,16H,10-12,15H2,1-3H3. The van der Waals surface area contributed by atoms with Crippen molar-refractivity contribution in [2.24, 2.45) is 0 Å². The van der Waals surface area contributed by atoms with Crippen LogP contribution >= 0.6 is 0 Å². The van der Waals surface area contributed by atoms with Crippen LogP contribution in [0.2, 0.25) is 0 Å². The number of aromatic nitrogens is 2. The summed E-state index contributed by atoms with van der Waals surface area (Å²) < 4.78 is 30.0. The highest BCUT2D eigenvalue weighted by molar-refractivity contribution is 5.66. The van der Waals surface area contributed by atoms with Crippen molar-refractivity contribution in [3.63, 3.8) is 0 Å². The number of rotatable bonds is 6. The molecule has 3 aromatic rings. The summed E-state index contributed by atoms with van der Waals surface area (Å²) >= 11 is 0. The summed E-state index contributed by atoms with van der Waals surface area (Å²) in [6.45, 7) is 4.26. The largest absolute Gasteiger partial charge is 0.493 e. The molecule has 162 valence electrons. The van der Waals surface area contributed by atoms with Gasteiger partial charge >= 0.3 is 0 Å². The van der Waals surface area contributed by atoms with Crippen molar-refractivity contribution in [2.45, 2.75) is 25.9 Å². The van der Waals surface area contributed by atoms with E-state index in [0.717, 1.165) is 41.1 Å². The Morgan fingerprint density at radius 2 is 1.87 bits per heavy atom. The predicted octanol–water partition coefficient (Wildman–Crippen LogP) is 4.13. The molecular weight excluding hydrogens is 397 g/mol. The maximum absolute atomic E-state index is 13.2. The first-order valence-corrected chi connectivity index (χ1v) is 10.3. The highest BCUT2D eigenvalue weighted by atomic mass is 19.1. The van der Waals surface area contributed by atoms with Gasteiger partial charge in [0.15, 0.2) is 11.5 Å². The van der Waals surface area contributed by atoms with Gasteiger partial charge in [-0.2, -0.15) is 0 Å². The fourth-order valence-corrected chi connectivity index (χ4v) is 3.85. The van der Waals surface area contributed by atoms with Crippen LogP contribution in [0.5, 0.6) is 17.4 Å². The van der Waals surface area contributed by atoms with Gasteiger partial charge in [0, 0.05) is 36.3 Å². The molecule has 0 bridgehead atoms. The Kier molecular flexibility index (Phi) is 6.32. The molecule has 0 saturated carbocycles. The zero-order chi connectivity index (χ0) is 21.8. The maximum atomic E-state index is 13.2. The van der Waals surface area contributed by atoms with Crippen molar-refractivity contribution in [1.82, 2.24) is 15.1 Å². The van der Waals surface area contributed by atoms with Gasteiger partial charge < -0.3 is 14.2 Å². The highest BCUT2D eigenvalue weighted by Gasteiger charge is 2.24. The lowest BCUT2D eigenvalue weighted by Gasteiger charge is -2.27. The van der Waals surface area contributed by atoms with E-state index in [4.69, 9.17) is 14.2 Å². The van der Waals surface area contributed by atoms with Gasteiger partial charge in [-0.25, -0.2) is 4.39 Å². The molecule has 1 atom stereocenters. The van der Waals surface area contributed by atoms with Crippen molar-refractivity contribution >= 4 is 0 Å². The maximum Gasteiger partial charge on any atom is 0.233 e. The molecule has 0 radical (unpaired) electrons. The third kappa shape index (κ3) is 4.77. The second-order valence-electron chi connectivity index (χ2n) is 7.63. The molecule has 0 aliphatic carbocycles. The molecule has 0 fully saturated rings. The van der Waals surface area contributed by atoms with Crippen molar-refractivity contribution in [1.29, 1.82) is 0 Å². The molecular formula is C24H26FN3O3. The summed E-state index contributed by atoms with van der Waals surface area (Å²) in [4.78, 5) is 2.37. The molecule has 0 saturated heterocycles. The van der Waals surface area contributed by atoms with E-state index in [1.165, 1.54) is 12.1 Å². The van der Waals surface area contributed by atoms with E-state index < -0.39 is 0 Å². The first-order valence-electron chi connectivity index (χ1n) is 10.3. The van der Waals surface area contributed by atoms with Crippen LogP contribution in [0.1, 0.15) is 18.1 Å². The molecule has 0 spiro atoms. The summed E-state index contributed by atoms with van der Waals surface area (Å²) in [5.41, 5.74) is 3.79. The Bertz CT molecular complexity index is 1030. The molecule has 1 aliphatic rings. The average molecular weight is 423 g/mol. The molecule has 2 heterocycles. The first kappa shape index (κ1) is 21.1. The van der Waals surface area contributed by atoms with Crippen molar-refractivity contribution < 1.29 is 18.6 Å².